The van der Waals surface area contributed by atoms with E-state index in [2.05, 4.69) is 5.10 Å². The van der Waals surface area contributed by atoms with Crippen LogP contribution in [0.3, 0.4) is 0 Å². The Kier molecular flexibility index (Phi) is 3.80. The maximum Gasteiger partial charge on any atom is 0.326 e. The van der Waals surface area contributed by atoms with E-state index in [-0.39, 0.29) is 12.0 Å². The fourth-order valence-corrected chi connectivity index (χ4v) is 2.65. The molecule has 7 heteroatoms. The second kappa shape index (κ2) is 5.24. The lowest BCUT2D eigenvalue weighted by atomic mass is 10.1. The Morgan fingerprint density at radius 2 is 2.05 bits per heavy atom. The molecule has 2 atom stereocenters. The Labute approximate surface area is 117 Å². The zero-order chi connectivity index (χ0) is 15.0. The molecular weight excluding hydrogens is 262 g/mol. The summed E-state index contributed by atoms with van der Waals surface area (Å²) in [5, 5.41) is 13.5. The fourth-order valence-electron chi connectivity index (χ4n) is 2.65. The van der Waals surface area contributed by atoms with Crippen LogP contribution in [0.1, 0.15) is 28.2 Å². The van der Waals surface area contributed by atoms with Gasteiger partial charge < -0.3 is 14.7 Å². The van der Waals surface area contributed by atoms with E-state index < -0.39 is 12.0 Å². The third kappa shape index (κ3) is 2.29. The first-order chi connectivity index (χ1) is 9.36. The standard InChI is InChI=1S/C13H19N3O4/c1-7-11(8(2)15(3)14-7)12(17)16-6-9(20-4)5-10(16)13(18)19/h9-10H,5-6H2,1-4H3,(H,18,19). The van der Waals surface area contributed by atoms with Gasteiger partial charge >= 0.3 is 5.97 Å². The van der Waals surface area contributed by atoms with Gasteiger partial charge in [-0.3, -0.25) is 9.48 Å². The Hall–Kier alpha value is -1.89. The molecule has 1 amide bonds. The molecule has 2 unspecified atom stereocenters. The number of rotatable bonds is 3. The smallest absolute Gasteiger partial charge is 0.326 e. The van der Waals surface area contributed by atoms with Crippen LogP contribution in [0.2, 0.25) is 0 Å². The van der Waals surface area contributed by atoms with Gasteiger partial charge in [0.25, 0.3) is 5.91 Å². The van der Waals surface area contributed by atoms with Crippen molar-refractivity contribution in [3.05, 3.63) is 17.0 Å². The number of methoxy groups -OCH3 is 1. The van der Waals surface area contributed by atoms with E-state index in [9.17, 15) is 14.7 Å². The fraction of sp³-hybridized carbons (Fsp3) is 0.615. The van der Waals surface area contributed by atoms with Crippen molar-refractivity contribution in [2.75, 3.05) is 13.7 Å². The summed E-state index contributed by atoms with van der Waals surface area (Å²) in [6.45, 7) is 3.84. The highest BCUT2D eigenvalue weighted by atomic mass is 16.5. The summed E-state index contributed by atoms with van der Waals surface area (Å²) in [4.78, 5) is 25.3. The van der Waals surface area contributed by atoms with Gasteiger partial charge in [-0.2, -0.15) is 5.10 Å². The van der Waals surface area contributed by atoms with Crippen molar-refractivity contribution in [2.24, 2.45) is 7.05 Å². The molecule has 1 aliphatic rings. The van der Waals surface area contributed by atoms with E-state index in [4.69, 9.17) is 4.74 Å². The molecule has 0 saturated carbocycles. The molecule has 0 aromatic carbocycles. The van der Waals surface area contributed by atoms with Gasteiger partial charge in [0.05, 0.1) is 17.4 Å². The van der Waals surface area contributed by atoms with Crippen LogP contribution in [0, 0.1) is 13.8 Å². The van der Waals surface area contributed by atoms with Crippen molar-refractivity contribution >= 4 is 11.9 Å². The highest BCUT2D eigenvalue weighted by Crippen LogP contribution is 2.24. The topological polar surface area (TPSA) is 84.7 Å². The average Bonchev–Trinajstić information content (AvgIpc) is 2.92. The number of aryl methyl sites for hydroxylation is 2. The minimum absolute atomic E-state index is 0.239. The molecular formula is C13H19N3O4. The summed E-state index contributed by atoms with van der Waals surface area (Å²) in [7, 11) is 3.29. The van der Waals surface area contributed by atoms with E-state index in [1.165, 1.54) is 12.0 Å². The molecule has 1 fully saturated rings. The second-order valence-electron chi connectivity index (χ2n) is 5.07. The number of hydrogen-bond acceptors (Lipinski definition) is 4. The molecule has 0 spiro atoms. The average molecular weight is 281 g/mol. The van der Waals surface area contributed by atoms with Crippen LogP contribution in [-0.2, 0) is 16.6 Å². The second-order valence-corrected chi connectivity index (χ2v) is 5.07. The number of aliphatic carboxylic acids is 1. The van der Waals surface area contributed by atoms with Crippen LogP contribution < -0.4 is 0 Å². The minimum Gasteiger partial charge on any atom is -0.480 e. The summed E-state index contributed by atoms with van der Waals surface area (Å²) < 4.78 is 6.82. The molecule has 0 aliphatic carbocycles. The van der Waals surface area contributed by atoms with Crippen molar-refractivity contribution < 1.29 is 19.4 Å². The Bertz CT molecular complexity index is 552. The lowest BCUT2D eigenvalue weighted by Gasteiger charge is -2.21. The largest absolute Gasteiger partial charge is 0.480 e. The number of likely N-dealkylation sites (tertiary alicyclic amines) is 1. The van der Waals surface area contributed by atoms with Crippen molar-refractivity contribution in [1.82, 2.24) is 14.7 Å². The van der Waals surface area contributed by atoms with Crippen molar-refractivity contribution in [1.29, 1.82) is 0 Å². The first-order valence-corrected chi connectivity index (χ1v) is 6.43. The van der Waals surface area contributed by atoms with Gasteiger partial charge in [0.2, 0.25) is 0 Å². The zero-order valence-electron chi connectivity index (χ0n) is 12.1. The Morgan fingerprint density at radius 1 is 1.40 bits per heavy atom. The van der Waals surface area contributed by atoms with Gasteiger partial charge in [0, 0.05) is 32.8 Å². The molecule has 110 valence electrons. The van der Waals surface area contributed by atoms with E-state index in [1.807, 2.05) is 0 Å². The molecule has 1 saturated heterocycles. The summed E-state index contributed by atoms with van der Waals surface area (Å²) in [6, 6.07) is -0.841. The molecule has 1 aromatic heterocycles. The first-order valence-electron chi connectivity index (χ1n) is 6.43. The first kappa shape index (κ1) is 14.5. The predicted octanol–water partition coefficient (Wildman–Crippen LogP) is 0.351. The summed E-state index contributed by atoms with van der Waals surface area (Å²) in [5.74, 6) is -1.29. The van der Waals surface area contributed by atoms with Crippen molar-refractivity contribution in [3.8, 4) is 0 Å². The van der Waals surface area contributed by atoms with E-state index >= 15 is 0 Å². The summed E-state index contributed by atoms with van der Waals surface area (Å²) >= 11 is 0. The number of carbonyl (C=O) groups excluding carboxylic acids is 1. The van der Waals surface area contributed by atoms with Gasteiger partial charge in [0.15, 0.2) is 0 Å². The summed E-state index contributed by atoms with van der Waals surface area (Å²) in [6.07, 6.45) is 0.0768. The maximum absolute atomic E-state index is 12.6. The molecule has 1 aromatic rings. The van der Waals surface area contributed by atoms with Crippen molar-refractivity contribution in [2.45, 2.75) is 32.4 Å². The van der Waals surface area contributed by atoms with E-state index in [0.29, 0.717) is 24.2 Å². The highest BCUT2D eigenvalue weighted by Gasteiger charge is 2.41. The van der Waals surface area contributed by atoms with E-state index in [1.54, 1.807) is 25.6 Å². The predicted molar refractivity (Wildman–Crippen MR) is 70.6 cm³/mol. The van der Waals surface area contributed by atoms with Gasteiger partial charge in [-0.25, -0.2) is 4.79 Å². The third-order valence-corrected chi connectivity index (χ3v) is 3.86. The van der Waals surface area contributed by atoms with E-state index in [0.717, 1.165) is 5.69 Å². The number of amides is 1. The molecule has 2 heterocycles. The number of hydrogen-bond donors (Lipinski definition) is 1. The number of aromatic nitrogens is 2. The molecule has 0 radical (unpaired) electrons. The number of carbonyl (C=O) groups is 2. The number of carboxylic acid groups (broad SMARTS) is 1. The van der Waals surface area contributed by atoms with Crippen LogP contribution in [0.4, 0.5) is 0 Å². The Morgan fingerprint density at radius 3 is 2.50 bits per heavy atom. The van der Waals surface area contributed by atoms with Gasteiger partial charge in [0.1, 0.15) is 6.04 Å². The molecule has 1 aliphatic heterocycles. The van der Waals surface area contributed by atoms with Crippen LogP contribution >= 0.6 is 0 Å². The Balaban J connectivity index is 2.34. The van der Waals surface area contributed by atoms with Crippen LogP contribution in [0.15, 0.2) is 0 Å². The minimum atomic E-state index is -1.00. The maximum atomic E-state index is 12.6. The lowest BCUT2D eigenvalue weighted by molar-refractivity contribution is -0.141. The number of ether oxygens (including phenoxy) is 1. The molecule has 7 nitrogen and oxygen atoms in total. The van der Waals surface area contributed by atoms with Crippen LogP contribution in [-0.4, -0.2) is 57.5 Å². The monoisotopic (exact) mass is 281 g/mol. The third-order valence-electron chi connectivity index (χ3n) is 3.86. The van der Waals surface area contributed by atoms with Gasteiger partial charge in [-0.15, -0.1) is 0 Å². The van der Waals surface area contributed by atoms with Gasteiger partial charge in [-0.05, 0) is 13.8 Å². The summed E-state index contributed by atoms with van der Waals surface area (Å²) in [5.41, 5.74) is 1.83. The van der Waals surface area contributed by atoms with Crippen molar-refractivity contribution in [3.63, 3.8) is 0 Å². The molecule has 0 bridgehead atoms. The number of carboxylic acids is 1. The highest BCUT2D eigenvalue weighted by molar-refractivity contribution is 5.98. The number of nitrogens with zero attached hydrogens (tertiary/aromatic N) is 3. The van der Waals surface area contributed by atoms with Gasteiger partial charge in [-0.1, -0.05) is 0 Å². The molecule has 1 N–H and O–H groups in total. The lowest BCUT2D eigenvalue weighted by Crippen LogP contribution is -2.41. The molecule has 20 heavy (non-hydrogen) atoms. The quantitative estimate of drug-likeness (QED) is 0.864. The van der Waals surface area contributed by atoms with Crippen LogP contribution in [0.25, 0.3) is 0 Å². The van der Waals surface area contributed by atoms with Crippen LogP contribution in [0.5, 0.6) is 0 Å². The zero-order valence-corrected chi connectivity index (χ0v) is 12.1. The normalized spacial score (nSPS) is 22.3. The SMILES string of the molecule is COC1CC(C(=O)O)N(C(=O)c2c(C)nn(C)c2C)C1. The molecule has 2 rings (SSSR count).